The van der Waals surface area contributed by atoms with Crippen LogP contribution in [0.3, 0.4) is 0 Å². The van der Waals surface area contributed by atoms with Crippen LogP contribution < -0.4 is 30.6 Å². The van der Waals surface area contributed by atoms with Crippen LogP contribution in [0.15, 0.2) is 48.5 Å². The van der Waals surface area contributed by atoms with Crippen molar-refractivity contribution >= 4 is 17.5 Å². The maximum absolute atomic E-state index is 11.5. The molecule has 1 fully saturated rings. The van der Waals surface area contributed by atoms with Gasteiger partial charge in [0, 0.05) is 42.7 Å². The van der Waals surface area contributed by atoms with Crippen LogP contribution in [0.1, 0.15) is 74.8 Å². The molecule has 7 nitrogen and oxygen atoms in total. The van der Waals surface area contributed by atoms with Crippen LogP contribution in [0.4, 0.5) is 0 Å². The van der Waals surface area contributed by atoms with Gasteiger partial charge in [0.15, 0.2) is 0 Å². The van der Waals surface area contributed by atoms with Crippen molar-refractivity contribution in [2.24, 2.45) is 5.73 Å². The summed E-state index contributed by atoms with van der Waals surface area (Å²) < 4.78 is 18.7. The van der Waals surface area contributed by atoms with Gasteiger partial charge in [0.2, 0.25) is 5.91 Å². The van der Waals surface area contributed by atoms with Gasteiger partial charge in [-0.15, -0.1) is 0 Å². The first kappa shape index (κ1) is 31.2. The van der Waals surface area contributed by atoms with Gasteiger partial charge in [-0.25, -0.2) is 0 Å². The summed E-state index contributed by atoms with van der Waals surface area (Å²) in [5.74, 6) is 2.38. The molecule has 0 spiro atoms. The highest BCUT2D eigenvalue weighted by atomic mass is 35.5. The zero-order valence-corrected chi connectivity index (χ0v) is 26.5. The Morgan fingerprint density at radius 3 is 2.56 bits per heavy atom. The zero-order chi connectivity index (χ0) is 30.6. The minimum atomic E-state index is -0.264. The van der Waals surface area contributed by atoms with Gasteiger partial charge in [-0.1, -0.05) is 41.9 Å². The summed E-state index contributed by atoms with van der Waals surface area (Å²) in [6.45, 7) is 10.5. The van der Waals surface area contributed by atoms with Crippen LogP contribution in [0.5, 0.6) is 17.2 Å². The van der Waals surface area contributed by atoms with E-state index in [0.29, 0.717) is 43.5 Å². The molecule has 1 aliphatic heterocycles. The molecule has 1 amide bonds. The Morgan fingerprint density at radius 1 is 1.02 bits per heavy atom. The zero-order valence-electron chi connectivity index (χ0n) is 25.7. The molecule has 0 aromatic heterocycles. The summed E-state index contributed by atoms with van der Waals surface area (Å²) in [5, 5.41) is 6.98. The monoisotopic (exact) mass is 605 g/mol. The predicted molar refractivity (Wildman–Crippen MR) is 172 cm³/mol. The number of benzene rings is 3. The molecule has 5 rings (SSSR count). The van der Waals surface area contributed by atoms with Crippen LogP contribution >= 0.6 is 11.6 Å². The molecule has 0 saturated carbocycles. The van der Waals surface area contributed by atoms with E-state index in [1.165, 1.54) is 22.3 Å². The molecule has 2 atom stereocenters. The van der Waals surface area contributed by atoms with Crippen molar-refractivity contribution in [3.05, 3.63) is 75.8 Å². The Labute approximate surface area is 260 Å². The molecule has 43 heavy (non-hydrogen) atoms. The highest BCUT2D eigenvalue weighted by Gasteiger charge is 2.28. The Balaban J connectivity index is 1.32. The Morgan fingerprint density at radius 2 is 1.81 bits per heavy atom. The predicted octanol–water partition coefficient (Wildman–Crippen LogP) is 6.65. The Kier molecular flexibility index (Phi) is 9.85. The third-order valence-corrected chi connectivity index (χ3v) is 8.56. The summed E-state index contributed by atoms with van der Waals surface area (Å²) in [6.07, 6.45) is 3.90. The lowest BCUT2D eigenvalue weighted by atomic mass is 9.93. The van der Waals surface area contributed by atoms with E-state index in [0.717, 1.165) is 48.3 Å². The number of halogens is 1. The lowest BCUT2D eigenvalue weighted by Gasteiger charge is -2.21. The number of rotatable bonds is 13. The van der Waals surface area contributed by atoms with Gasteiger partial charge in [-0.3, -0.25) is 4.79 Å². The number of nitrogens with two attached hydrogens (primary N) is 1. The van der Waals surface area contributed by atoms with E-state index in [1.54, 1.807) is 0 Å². The van der Waals surface area contributed by atoms with E-state index in [2.05, 4.69) is 47.9 Å². The second-order valence-corrected chi connectivity index (χ2v) is 12.7. The van der Waals surface area contributed by atoms with Crippen molar-refractivity contribution in [3.8, 4) is 28.4 Å². The van der Waals surface area contributed by atoms with Gasteiger partial charge in [-0.05, 0) is 93.3 Å². The summed E-state index contributed by atoms with van der Waals surface area (Å²) >= 11 is 6.78. The molecular weight excluding hydrogens is 562 g/mol. The van der Waals surface area contributed by atoms with Gasteiger partial charge in [0.25, 0.3) is 0 Å². The number of amides is 1. The van der Waals surface area contributed by atoms with Crippen LogP contribution in [0.2, 0.25) is 5.02 Å². The number of ether oxygens (including phenoxy) is 3. The Bertz CT molecular complexity index is 1450. The van der Waals surface area contributed by atoms with Crippen LogP contribution in [0, 0.1) is 6.92 Å². The molecule has 0 unspecified atom stereocenters. The molecule has 1 aliphatic carbocycles. The van der Waals surface area contributed by atoms with Crippen molar-refractivity contribution in [2.75, 3.05) is 19.8 Å². The summed E-state index contributed by atoms with van der Waals surface area (Å²) in [5.41, 5.74) is 12.9. The minimum absolute atomic E-state index is 0.108. The van der Waals surface area contributed by atoms with Crippen LogP contribution in [0.25, 0.3) is 11.1 Å². The molecule has 4 N–H and O–H groups in total. The lowest BCUT2D eigenvalue weighted by Crippen LogP contribution is -2.35. The fraction of sp³-hybridized carbons (Fsp3) is 0.457. The molecule has 230 valence electrons. The van der Waals surface area contributed by atoms with Crippen molar-refractivity contribution in [1.29, 1.82) is 0 Å². The van der Waals surface area contributed by atoms with E-state index in [1.807, 2.05) is 39.0 Å². The van der Waals surface area contributed by atoms with Crippen molar-refractivity contribution in [1.82, 2.24) is 10.6 Å². The molecule has 2 aliphatic rings. The van der Waals surface area contributed by atoms with Gasteiger partial charge in [0.05, 0.1) is 18.2 Å². The number of carbonyl (C=O) groups is 1. The van der Waals surface area contributed by atoms with E-state index >= 15 is 0 Å². The van der Waals surface area contributed by atoms with Gasteiger partial charge < -0.3 is 30.6 Å². The molecule has 1 heterocycles. The molecular formula is C35H44ClN3O4. The number of nitrogens with one attached hydrogen (secondary N) is 2. The molecule has 0 bridgehead atoms. The second-order valence-electron chi connectivity index (χ2n) is 12.3. The number of hydrogen-bond acceptors (Lipinski definition) is 6. The first-order chi connectivity index (χ1) is 20.6. The maximum atomic E-state index is 11.5. The minimum Gasteiger partial charge on any atom is -0.493 e. The number of hydrogen-bond donors (Lipinski definition) is 3. The largest absolute Gasteiger partial charge is 0.493 e. The molecule has 0 radical (unpaired) electrons. The molecule has 1 saturated heterocycles. The fourth-order valence-corrected chi connectivity index (χ4v) is 6.17. The van der Waals surface area contributed by atoms with Gasteiger partial charge in [-0.2, -0.15) is 0 Å². The first-order valence-electron chi connectivity index (χ1n) is 15.4. The molecule has 3 aromatic carbocycles. The first-order valence-corrected chi connectivity index (χ1v) is 15.8. The van der Waals surface area contributed by atoms with Crippen molar-refractivity contribution < 1.29 is 19.0 Å². The third-order valence-electron chi connectivity index (χ3n) is 8.27. The van der Waals surface area contributed by atoms with Gasteiger partial charge >= 0.3 is 0 Å². The molecule has 3 aromatic rings. The summed E-state index contributed by atoms with van der Waals surface area (Å²) in [6, 6.07) is 16.7. The standard InChI is InChI=1S/C35H44ClN3O4/c1-5-41-32-19-33(29(36)18-23(32)20-38-21-24-12-15-34(40)39-24)43-31-14-13-27-26(9-6-10-28(27)31)25-8-7-11-30(22(25)2)42-17-16-35(3,4)37/h6-11,18-19,24,31,38H,5,12-17,20-21,37H2,1-4H3,(H,39,40)/t24-,31-/m0/s1. The average Bonchev–Trinajstić information content (AvgIpc) is 3.57. The normalized spacial score (nSPS) is 18.0. The second kappa shape index (κ2) is 13.6. The fourth-order valence-electron chi connectivity index (χ4n) is 5.94. The maximum Gasteiger partial charge on any atom is 0.220 e. The lowest BCUT2D eigenvalue weighted by molar-refractivity contribution is -0.119. The number of fused-ring (bicyclic) bond motifs is 1. The Hall–Kier alpha value is -3.26. The van der Waals surface area contributed by atoms with Crippen LogP contribution in [-0.4, -0.2) is 37.2 Å². The van der Waals surface area contributed by atoms with Gasteiger partial charge in [0.1, 0.15) is 23.4 Å². The summed E-state index contributed by atoms with van der Waals surface area (Å²) in [4.78, 5) is 11.5. The highest BCUT2D eigenvalue weighted by molar-refractivity contribution is 6.32. The number of carbonyl (C=O) groups excluding carboxylic acids is 1. The van der Waals surface area contributed by atoms with E-state index < -0.39 is 0 Å². The highest BCUT2D eigenvalue weighted by Crippen LogP contribution is 2.44. The van der Waals surface area contributed by atoms with E-state index in [9.17, 15) is 4.79 Å². The van der Waals surface area contributed by atoms with E-state index in [4.69, 9.17) is 31.5 Å². The van der Waals surface area contributed by atoms with Crippen LogP contribution in [-0.2, 0) is 17.8 Å². The van der Waals surface area contributed by atoms with Crippen molar-refractivity contribution in [3.63, 3.8) is 0 Å². The molecule has 8 heteroatoms. The SMILES string of the molecule is CCOc1cc(O[C@H]2CCc3c(-c4cccc(OCCC(C)(C)N)c4C)cccc32)c(Cl)cc1CNC[C@@H]1CCC(=O)N1. The van der Waals surface area contributed by atoms with Crippen molar-refractivity contribution in [2.45, 2.75) is 84.0 Å². The summed E-state index contributed by atoms with van der Waals surface area (Å²) in [7, 11) is 0. The topological polar surface area (TPSA) is 94.8 Å². The quantitative estimate of drug-likeness (QED) is 0.202. The third kappa shape index (κ3) is 7.64. The van der Waals surface area contributed by atoms with E-state index in [-0.39, 0.29) is 23.6 Å². The average molecular weight is 606 g/mol. The smallest absolute Gasteiger partial charge is 0.220 e.